The van der Waals surface area contributed by atoms with Gasteiger partial charge in [0.2, 0.25) is 0 Å². The zero-order valence-electron chi connectivity index (χ0n) is 18.4. The van der Waals surface area contributed by atoms with Gasteiger partial charge in [-0.05, 0) is 53.8 Å². The normalized spacial score (nSPS) is 21.2. The van der Waals surface area contributed by atoms with Gasteiger partial charge in [0.25, 0.3) is 0 Å². The van der Waals surface area contributed by atoms with Crippen molar-refractivity contribution in [2.24, 2.45) is 0 Å². The monoisotopic (exact) mass is 414 g/mol. The average Bonchev–Trinajstić information content (AvgIpc) is 3.40. The maximum atomic E-state index is 3.56. The molecule has 2 atom stereocenters. The number of H-pyrrole nitrogens is 1. The van der Waals surface area contributed by atoms with Crippen LogP contribution < -0.4 is 0 Å². The molecule has 3 heterocycles. The van der Waals surface area contributed by atoms with Crippen molar-refractivity contribution in [2.75, 3.05) is 0 Å². The summed E-state index contributed by atoms with van der Waals surface area (Å²) in [4.78, 5) is 6.11. The van der Waals surface area contributed by atoms with E-state index in [0.29, 0.717) is 0 Å². The number of aromatic amines is 1. The number of hydrogen-bond acceptors (Lipinski definition) is 1. The summed E-state index contributed by atoms with van der Waals surface area (Å²) in [5.41, 5.74) is 9.86. The lowest BCUT2D eigenvalue weighted by Gasteiger charge is -2.41. The van der Waals surface area contributed by atoms with Crippen molar-refractivity contribution < 1.29 is 0 Å². The standard InChI is InChI=1S/C30H26N2/c1-21-16-18-28(31-21)24-12-6-8-14-26(24)30(2)27-15-9-7-13-25(27)29-19-17-23(20-32(29)30)22-10-4-3-5-11-22/h3-20,29,31H,1-2H3/t29?,30-/m0/s1. The molecule has 1 unspecified atom stereocenters. The van der Waals surface area contributed by atoms with Gasteiger partial charge in [-0.25, -0.2) is 0 Å². The molecule has 2 aliphatic rings. The predicted octanol–water partition coefficient (Wildman–Crippen LogP) is 7.22. The largest absolute Gasteiger partial charge is 0.359 e. The van der Waals surface area contributed by atoms with Crippen molar-refractivity contribution in [2.45, 2.75) is 25.4 Å². The maximum absolute atomic E-state index is 3.56. The Bertz CT molecular complexity index is 1360. The fraction of sp³-hybridized carbons (Fsp3) is 0.133. The molecule has 3 aromatic carbocycles. The first-order valence-electron chi connectivity index (χ1n) is 11.2. The minimum Gasteiger partial charge on any atom is -0.359 e. The Morgan fingerprint density at radius 1 is 0.781 bits per heavy atom. The van der Waals surface area contributed by atoms with Crippen LogP contribution >= 0.6 is 0 Å². The van der Waals surface area contributed by atoms with E-state index in [2.05, 4.69) is 133 Å². The van der Waals surface area contributed by atoms with Crippen molar-refractivity contribution in [1.82, 2.24) is 9.88 Å². The highest BCUT2D eigenvalue weighted by molar-refractivity contribution is 5.77. The molecule has 156 valence electrons. The van der Waals surface area contributed by atoms with E-state index in [9.17, 15) is 0 Å². The van der Waals surface area contributed by atoms with Crippen LogP contribution in [0.5, 0.6) is 0 Å². The summed E-state index contributed by atoms with van der Waals surface area (Å²) in [6.07, 6.45) is 6.99. The molecule has 0 amide bonds. The summed E-state index contributed by atoms with van der Waals surface area (Å²) in [5, 5.41) is 0. The van der Waals surface area contributed by atoms with Crippen molar-refractivity contribution in [3.05, 3.63) is 137 Å². The molecular weight excluding hydrogens is 388 g/mol. The van der Waals surface area contributed by atoms with Crippen LogP contribution in [0.1, 0.15) is 40.9 Å². The summed E-state index contributed by atoms with van der Waals surface area (Å²) >= 11 is 0. The smallest absolute Gasteiger partial charge is 0.0892 e. The van der Waals surface area contributed by atoms with Crippen LogP contribution in [0.2, 0.25) is 0 Å². The number of rotatable bonds is 3. The number of hydrogen-bond donors (Lipinski definition) is 1. The van der Waals surface area contributed by atoms with Gasteiger partial charge < -0.3 is 9.88 Å². The number of aromatic nitrogens is 1. The Labute approximate surface area is 189 Å². The van der Waals surface area contributed by atoms with Crippen molar-refractivity contribution in [1.29, 1.82) is 0 Å². The number of nitrogens with one attached hydrogen (secondary N) is 1. The molecule has 2 heteroatoms. The molecule has 0 bridgehead atoms. The van der Waals surface area contributed by atoms with E-state index in [1.807, 2.05) is 0 Å². The van der Waals surface area contributed by atoms with Crippen molar-refractivity contribution >= 4 is 5.57 Å². The molecule has 4 aromatic rings. The van der Waals surface area contributed by atoms with E-state index in [-0.39, 0.29) is 11.6 Å². The van der Waals surface area contributed by atoms with Crippen molar-refractivity contribution in [3.8, 4) is 11.3 Å². The van der Waals surface area contributed by atoms with Crippen LogP contribution in [-0.2, 0) is 5.54 Å². The van der Waals surface area contributed by atoms with E-state index in [1.165, 1.54) is 44.8 Å². The predicted molar refractivity (Wildman–Crippen MR) is 132 cm³/mol. The Hall–Kier alpha value is -3.78. The van der Waals surface area contributed by atoms with Crippen LogP contribution in [0.3, 0.4) is 0 Å². The van der Waals surface area contributed by atoms with E-state index in [0.717, 1.165) is 0 Å². The number of allylic oxidation sites excluding steroid dienone is 2. The van der Waals surface area contributed by atoms with Gasteiger partial charge in [0.05, 0.1) is 11.6 Å². The first kappa shape index (κ1) is 18.9. The molecule has 1 N–H and O–H groups in total. The zero-order chi connectivity index (χ0) is 21.7. The molecule has 32 heavy (non-hydrogen) atoms. The Balaban J connectivity index is 1.58. The molecule has 0 aliphatic carbocycles. The molecule has 1 aromatic heterocycles. The molecule has 2 aliphatic heterocycles. The van der Waals surface area contributed by atoms with Gasteiger partial charge in [-0.15, -0.1) is 0 Å². The third kappa shape index (κ3) is 2.73. The molecular formula is C30H26N2. The Kier molecular flexibility index (Phi) is 4.22. The highest BCUT2D eigenvalue weighted by Gasteiger charge is 2.47. The first-order valence-corrected chi connectivity index (χ1v) is 11.2. The summed E-state index contributed by atoms with van der Waals surface area (Å²) in [6.45, 7) is 4.48. The van der Waals surface area contributed by atoms with Crippen LogP contribution in [0.15, 0.2) is 109 Å². The Morgan fingerprint density at radius 2 is 1.50 bits per heavy atom. The first-order chi connectivity index (χ1) is 15.7. The highest BCUT2D eigenvalue weighted by atomic mass is 15.2. The second-order valence-electron chi connectivity index (χ2n) is 8.92. The SMILES string of the molecule is Cc1ccc(-c2ccccc2[C@@]2(C)c3ccccc3C3C=CC(c4ccccc4)=CN32)[nH]1. The number of benzene rings is 3. The van der Waals surface area contributed by atoms with Crippen LogP contribution in [-0.4, -0.2) is 9.88 Å². The van der Waals surface area contributed by atoms with Crippen molar-refractivity contribution in [3.63, 3.8) is 0 Å². The second kappa shape index (κ2) is 7.13. The maximum Gasteiger partial charge on any atom is 0.0892 e. The van der Waals surface area contributed by atoms with Crippen LogP contribution in [0.25, 0.3) is 16.8 Å². The lowest BCUT2D eigenvalue weighted by atomic mass is 9.81. The lowest BCUT2D eigenvalue weighted by Crippen LogP contribution is -2.38. The number of fused-ring (bicyclic) bond motifs is 3. The summed E-state index contributed by atoms with van der Waals surface area (Å²) in [6, 6.07) is 33.0. The molecule has 0 spiro atoms. The van der Waals surface area contributed by atoms with Gasteiger partial charge in [-0.3, -0.25) is 0 Å². The molecule has 6 rings (SSSR count). The second-order valence-corrected chi connectivity index (χ2v) is 8.92. The van der Waals surface area contributed by atoms with Gasteiger partial charge in [-0.2, -0.15) is 0 Å². The van der Waals surface area contributed by atoms with E-state index in [1.54, 1.807) is 0 Å². The van der Waals surface area contributed by atoms with E-state index in [4.69, 9.17) is 0 Å². The summed E-state index contributed by atoms with van der Waals surface area (Å²) in [5.74, 6) is 0. The van der Waals surface area contributed by atoms with E-state index >= 15 is 0 Å². The minimum absolute atomic E-state index is 0.224. The summed E-state index contributed by atoms with van der Waals surface area (Å²) < 4.78 is 0. The summed E-state index contributed by atoms with van der Waals surface area (Å²) in [7, 11) is 0. The fourth-order valence-corrected chi connectivity index (χ4v) is 5.45. The molecule has 0 saturated carbocycles. The molecule has 2 nitrogen and oxygen atoms in total. The van der Waals surface area contributed by atoms with Gasteiger partial charge in [-0.1, -0.05) is 91.0 Å². The number of nitrogens with zero attached hydrogens (tertiary/aromatic N) is 1. The quantitative estimate of drug-likeness (QED) is 0.375. The molecule has 0 saturated heterocycles. The van der Waals surface area contributed by atoms with Gasteiger partial charge in [0, 0.05) is 23.2 Å². The van der Waals surface area contributed by atoms with Crippen LogP contribution in [0, 0.1) is 6.92 Å². The van der Waals surface area contributed by atoms with E-state index < -0.39 is 0 Å². The topological polar surface area (TPSA) is 19.0 Å². The van der Waals surface area contributed by atoms with Gasteiger partial charge >= 0.3 is 0 Å². The minimum atomic E-state index is -0.290. The average molecular weight is 415 g/mol. The van der Waals surface area contributed by atoms with Gasteiger partial charge in [0.1, 0.15) is 0 Å². The van der Waals surface area contributed by atoms with Gasteiger partial charge in [0.15, 0.2) is 0 Å². The highest BCUT2D eigenvalue weighted by Crippen LogP contribution is 2.54. The third-order valence-corrected chi connectivity index (χ3v) is 7.04. The molecule has 0 fully saturated rings. The van der Waals surface area contributed by atoms with Crippen LogP contribution in [0.4, 0.5) is 0 Å². The number of aryl methyl sites for hydroxylation is 1. The Morgan fingerprint density at radius 3 is 2.28 bits per heavy atom. The molecule has 0 radical (unpaired) electrons. The third-order valence-electron chi connectivity index (χ3n) is 7.04. The fourth-order valence-electron chi connectivity index (χ4n) is 5.45. The lowest BCUT2D eigenvalue weighted by molar-refractivity contribution is 0.207. The zero-order valence-corrected chi connectivity index (χ0v) is 18.4.